The largest absolute Gasteiger partial charge is 0.304 e. The van der Waals surface area contributed by atoms with Crippen molar-refractivity contribution < 1.29 is 0 Å². The van der Waals surface area contributed by atoms with E-state index in [1.165, 1.54) is 22.4 Å². The fourth-order valence-electron chi connectivity index (χ4n) is 2.47. The van der Waals surface area contributed by atoms with Gasteiger partial charge in [0.15, 0.2) is 0 Å². The number of fused-ring (bicyclic) bond motifs is 1. The molecule has 1 atom stereocenters. The third-order valence-electron chi connectivity index (χ3n) is 3.48. The molecule has 1 unspecified atom stereocenters. The van der Waals surface area contributed by atoms with Crippen LogP contribution in [0.5, 0.6) is 0 Å². The average Bonchev–Trinajstić information content (AvgIpc) is 2.88. The lowest BCUT2D eigenvalue weighted by Crippen LogP contribution is -2.19. The zero-order valence-electron chi connectivity index (χ0n) is 10.2. The van der Waals surface area contributed by atoms with Gasteiger partial charge in [0.1, 0.15) is 0 Å². The van der Waals surface area contributed by atoms with Crippen molar-refractivity contribution in [3.8, 4) is 0 Å². The molecule has 0 fully saturated rings. The van der Waals surface area contributed by atoms with Crippen LogP contribution >= 0.6 is 22.9 Å². The number of thiophene rings is 1. The molecule has 2 aromatic rings. The second-order valence-electron chi connectivity index (χ2n) is 4.67. The Morgan fingerprint density at radius 2 is 2.44 bits per heavy atom. The van der Waals surface area contributed by atoms with Crippen molar-refractivity contribution in [2.75, 3.05) is 0 Å². The number of rotatable bonds is 3. The van der Waals surface area contributed by atoms with E-state index in [9.17, 15) is 0 Å². The number of hydrogen-bond acceptors (Lipinski definition) is 3. The predicted molar refractivity (Wildman–Crippen MR) is 76.2 cm³/mol. The Bertz CT molecular complexity index is 565. The molecular formula is C14H15ClN2S. The number of hydrogen-bond donors (Lipinski definition) is 1. The highest BCUT2D eigenvalue weighted by atomic mass is 35.5. The molecule has 0 amide bonds. The fourth-order valence-corrected chi connectivity index (χ4v) is 3.82. The van der Waals surface area contributed by atoms with Crippen LogP contribution in [0.1, 0.15) is 34.2 Å². The maximum atomic E-state index is 6.06. The van der Waals surface area contributed by atoms with Crippen molar-refractivity contribution in [3.05, 3.63) is 50.4 Å². The molecule has 1 N–H and O–H groups in total. The summed E-state index contributed by atoms with van der Waals surface area (Å²) >= 11 is 7.78. The normalized spacial score (nSPS) is 18.0. The third-order valence-corrected chi connectivity index (χ3v) is 4.82. The van der Waals surface area contributed by atoms with E-state index >= 15 is 0 Å². The van der Waals surface area contributed by atoms with Crippen LogP contribution in [0, 0.1) is 6.92 Å². The summed E-state index contributed by atoms with van der Waals surface area (Å²) in [5.74, 6) is 0. The van der Waals surface area contributed by atoms with Gasteiger partial charge in [0.25, 0.3) is 0 Å². The summed E-state index contributed by atoms with van der Waals surface area (Å²) in [4.78, 5) is 5.85. The highest BCUT2D eigenvalue weighted by molar-refractivity contribution is 7.16. The second-order valence-corrected chi connectivity index (χ2v) is 6.44. The summed E-state index contributed by atoms with van der Waals surface area (Å²) in [6.07, 6.45) is 4.17. The summed E-state index contributed by atoms with van der Waals surface area (Å²) < 4.78 is 0.903. The summed E-state index contributed by atoms with van der Waals surface area (Å²) in [6.45, 7) is 2.93. The van der Waals surface area contributed by atoms with Crippen molar-refractivity contribution in [1.82, 2.24) is 10.3 Å². The first kappa shape index (κ1) is 12.2. The SMILES string of the molecule is Cc1cccnc1CNC1CCc2sc(Cl)cc21. The quantitative estimate of drug-likeness (QED) is 0.922. The molecule has 0 spiro atoms. The minimum Gasteiger partial charge on any atom is -0.304 e. The Labute approximate surface area is 116 Å². The number of nitrogens with one attached hydrogen (secondary N) is 1. The van der Waals surface area contributed by atoms with Crippen LogP contribution in [-0.2, 0) is 13.0 Å². The van der Waals surface area contributed by atoms with Crippen LogP contribution in [0.25, 0.3) is 0 Å². The summed E-state index contributed by atoms with van der Waals surface area (Å²) in [5, 5.41) is 3.59. The molecule has 0 saturated carbocycles. The third kappa shape index (κ3) is 2.30. The Morgan fingerprint density at radius 1 is 1.56 bits per heavy atom. The fraction of sp³-hybridized carbons (Fsp3) is 0.357. The molecule has 0 aliphatic heterocycles. The molecule has 4 heteroatoms. The van der Waals surface area contributed by atoms with Crippen molar-refractivity contribution in [3.63, 3.8) is 0 Å². The second kappa shape index (κ2) is 5.00. The Hall–Kier alpha value is -0.900. The van der Waals surface area contributed by atoms with Gasteiger partial charge in [-0.2, -0.15) is 0 Å². The number of nitrogens with zero attached hydrogens (tertiary/aromatic N) is 1. The van der Waals surface area contributed by atoms with Crippen molar-refractivity contribution >= 4 is 22.9 Å². The van der Waals surface area contributed by atoms with Crippen LogP contribution in [0.3, 0.4) is 0 Å². The molecule has 0 radical (unpaired) electrons. The lowest BCUT2D eigenvalue weighted by atomic mass is 10.1. The van der Waals surface area contributed by atoms with E-state index in [2.05, 4.69) is 29.4 Å². The lowest BCUT2D eigenvalue weighted by Gasteiger charge is -2.13. The Morgan fingerprint density at radius 3 is 3.28 bits per heavy atom. The average molecular weight is 279 g/mol. The molecule has 1 aliphatic rings. The van der Waals surface area contributed by atoms with E-state index < -0.39 is 0 Å². The van der Waals surface area contributed by atoms with Gasteiger partial charge >= 0.3 is 0 Å². The van der Waals surface area contributed by atoms with Crippen molar-refractivity contribution in [1.29, 1.82) is 0 Å². The van der Waals surface area contributed by atoms with Crippen LogP contribution in [0.4, 0.5) is 0 Å². The van der Waals surface area contributed by atoms with Gasteiger partial charge in [-0.1, -0.05) is 17.7 Å². The number of aryl methyl sites for hydroxylation is 2. The number of pyridine rings is 1. The maximum Gasteiger partial charge on any atom is 0.0934 e. The number of halogens is 1. The first-order valence-corrected chi connectivity index (χ1v) is 7.35. The molecule has 0 aromatic carbocycles. The van der Waals surface area contributed by atoms with Gasteiger partial charge in [-0.05, 0) is 43.0 Å². The standard InChI is InChI=1S/C14H15ClN2S/c1-9-3-2-6-16-12(9)8-17-11-4-5-13-10(11)7-14(15)18-13/h2-3,6-7,11,17H,4-5,8H2,1H3. The molecule has 2 heterocycles. The van der Waals surface area contributed by atoms with Gasteiger partial charge in [-0.3, -0.25) is 4.98 Å². The Balaban J connectivity index is 1.70. The molecule has 3 rings (SSSR count). The maximum absolute atomic E-state index is 6.06. The molecule has 18 heavy (non-hydrogen) atoms. The van der Waals surface area contributed by atoms with Crippen LogP contribution in [0.2, 0.25) is 4.34 Å². The molecule has 2 nitrogen and oxygen atoms in total. The summed E-state index contributed by atoms with van der Waals surface area (Å²) in [7, 11) is 0. The summed E-state index contributed by atoms with van der Waals surface area (Å²) in [6, 6.07) is 6.62. The number of aromatic nitrogens is 1. The van der Waals surface area contributed by atoms with E-state index in [0.717, 1.165) is 23.0 Å². The summed E-state index contributed by atoms with van der Waals surface area (Å²) in [5.41, 5.74) is 3.76. The van der Waals surface area contributed by atoms with E-state index in [1.54, 1.807) is 11.3 Å². The molecule has 0 bridgehead atoms. The smallest absolute Gasteiger partial charge is 0.0934 e. The molecule has 94 valence electrons. The zero-order valence-corrected chi connectivity index (χ0v) is 11.8. The van der Waals surface area contributed by atoms with Crippen LogP contribution in [0.15, 0.2) is 24.4 Å². The van der Waals surface area contributed by atoms with Crippen molar-refractivity contribution in [2.45, 2.75) is 32.4 Å². The lowest BCUT2D eigenvalue weighted by molar-refractivity contribution is 0.524. The highest BCUT2D eigenvalue weighted by Gasteiger charge is 2.24. The van der Waals surface area contributed by atoms with E-state index in [-0.39, 0.29) is 0 Å². The van der Waals surface area contributed by atoms with E-state index in [4.69, 9.17) is 11.6 Å². The van der Waals surface area contributed by atoms with Gasteiger partial charge in [0.2, 0.25) is 0 Å². The zero-order chi connectivity index (χ0) is 12.5. The van der Waals surface area contributed by atoms with Gasteiger partial charge in [0, 0.05) is 23.7 Å². The van der Waals surface area contributed by atoms with Gasteiger partial charge in [-0.25, -0.2) is 0 Å². The minimum absolute atomic E-state index is 0.435. The molecule has 2 aromatic heterocycles. The van der Waals surface area contributed by atoms with Crippen LogP contribution < -0.4 is 5.32 Å². The predicted octanol–water partition coefficient (Wildman–Crippen LogP) is 3.88. The monoisotopic (exact) mass is 278 g/mol. The van der Waals surface area contributed by atoms with E-state index in [0.29, 0.717) is 6.04 Å². The molecule has 0 saturated heterocycles. The Kier molecular flexibility index (Phi) is 3.37. The van der Waals surface area contributed by atoms with Crippen LogP contribution in [-0.4, -0.2) is 4.98 Å². The molecule has 1 aliphatic carbocycles. The minimum atomic E-state index is 0.435. The van der Waals surface area contributed by atoms with E-state index in [1.807, 2.05) is 12.3 Å². The first-order chi connectivity index (χ1) is 8.74. The van der Waals surface area contributed by atoms with Gasteiger partial charge in [-0.15, -0.1) is 11.3 Å². The van der Waals surface area contributed by atoms with Gasteiger partial charge in [0.05, 0.1) is 10.0 Å². The van der Waals surface area contributed by atoms with Gasteiger partial charge < -0.3 is 5.32 Å². The van der Waals surface area contributed by atoms with Crippen molar-refractivity contribution in [2.24, 2.45) is 0 Å². The first-order valence-electron chi connectivity index (χ1n) is 6.16. The topological polar surface area (TPSA) is 24.9 Å². The highest BCUT2D eigenvalue weighted by Crippen LogP contribution is 2.39. The molecular weight excluding hydrogens is 264 g/mol.